The van der Waals surface area contributed by atoms with Crippen molar-refractivity contribution in [3.63, 3.8) is 0 Å². The number of aromatic nitrogens is 1. The van der Waals surface area contributed by atoms with E-state index in [0.29, 0.717) is 21.1 Å². The van der Waals surface area contributed by atoms with Crippen LogP contribution in [0.5, 0.6) is 0 Å². The van der Waals surface area contributed by atoms with Crippen LogP contribution in [-0.4, -0.2) is 16.1 Å². The zero-order valence-electron chi connectivity index (χ0n) is 12.9. The average molecular weight is 418 g/mol. The standard InChI is InChI=1S/C19H13BrFNO2S/c20-14-8-5-13(6-9-14)19-16(11-18(23)24)25-17(22-19)10-7-12-3-1-2-4-15(12)21/h1-10H,11H2,(H,23,24)/b10-7+. The Bertz CT molecular complexity index is 935. The Morgan fingerprint density at radius 1 is 1.16 bits per heavy atom. The van der Waals surface area contributed by atoms with Crippen molar-refractivity contribution in [3.05, 3.63) is 74.3 Å². The maximum absolute atomic E-state index is 13.7. The van der Waals surface area contributed by atoms with Gasteiger partial charge in [-0.2, -0.15) is 0 Å². The van der Waals surface area contributed by atoms with E-state index in [4.69, 9.17) is 5.11 Å². The quantitative estimate of drug-likeness (QED) is 0.595. The highest BCUT2D eigenvalue weighted by molar-refractivity contribution is 9.10. The first-order valence-corrected chi connectivity index (χ1v) is 9.04. The van der Waals surface area contributed by atoms with Crippen LogP contribution in [0.1, 0.15) is 15.4 Å². The number of thiazole rings is 1. The van der Waals surface area contributed by atoms with Crippen molar-refractivity contribution in [2.24, 2.45) is 0 Å². The molecule has 3 nitrogen and oxygen atoms in total. The number of carboxylic acid groups (broad SMARTS) is 1. The third-order valence-electron chi connectivity index (χ3n) is 3.45. The number of hydrogen-bond donors (Lipinski definition) is 1. The predicted octanol–water partition coefficient (Wildman–Crippen LogP) is 5.51. The Labute approximate surface area is 156 Å². The van der Waals surface area contributed by atoms with E-state index < -0.39 is 5.97 Å². The van der Waals surface area contributed by atoms with E-state index in [1.807, 2.05) is 24.3 Å². The molecule has 1 heterocycles. The lowest BCUT2D eigenvalue weighted by molar-refractivity contribution is -0.136. The minimum atomic E-state index is -0.911. The van der Waals surface area contributed by atoms with Crippen molar-refractivity contribution in [1.82, 2.24) is 4.98 Å². The van der Waals surface area contributed by atoms with Gasteiger partial charge in [0.1, 0.15) is 10.8 Å². The minimum absolute atomic E-state index is 0.101. The lowest BCUT2D eigenvalue weighted by atomic mass is 10.1. The Morgan fingerprint density at radius 3 is 2.56 bits per heavy atom. The van der Waals surface area contributed by atoms with Crippen molar-refractivity contribution in [2.75, 3.05) is 0 Å². The van der Waals surface area contributed by atoms with E-state index in [1.54, 1.807) is 30.4 Å². The number of carboxylic acids is 1. The molecule has 0 unspecified atom stereocenters. The number of carbonyl (C=O) groups is 1. The SMILES string of the molecule is O=C(O)Cc1sc(/C=C/c2ccccc2F)nc1-c1ccc(Br)cc1. The Kier molecular flexibility index (Phi) is 5.40. The third kappa shape index (κ3) is 4.41. The zero-order chi connectivity index (χ0) is 17.8. The van der Waals surface area contributed by atoms with Gasteiger partial charge >= 0.3 is 5.97 Å². The Hall–Kier alpha value is -2.31. The smallest absolute Gasteiger partial charge is 0.308 e. The average Bonchev–Trinajstić information content (AvgIpc) is 2.97. The van der Waals surface area contributed by atoms with E-state index in [9.17, 15) is 9.18 Å². The van der Waals surface area contributed by atoms with E-state index in [1.165, 1.54) is 17.4 Å². The molecule has 0 radical (unpaired) electrons. The molecule has 0 aliphatic heterocycles. The van der Waals surface area contributed by atoms with Crippen LogP contribution in [0.25, 0.3) is 23.4 Å². The largest absolute Gasteiger partial charge is 0.481 e. The van der Waals surface area contributed by atoms with Crippen LogP contribution in [0.2, 0.25) is 0 Å². The van der Waals surface area contributed by atoms with Crippen LogP contribution in [-0.2, 0) is 11.2 Å². The van der Waals surface area contributed by atoms with E-state index in [0.717, 1.165) is 10.0 Å². The number of halogens is 2. The van der Waals surface area contributed by atoms with Gasteiger partial charge in [-0.05, 0) is 30.4 Å². The number of nitrogens with zero attached hydrogens (tertiary/aromatic N) is 1. The predicted molar refractivity (Wildman–Crippen MR) is 102 cm³/mol. The highest BCUT2D eigenvalue weighted by atomic mass is 79.9. The van der Waals surface area contributed by atoms with E-state index in [-0.39, 0.29) is 12.2 Å². The maximum atomic E-state index is 13.7. The topological polar surface area (TPSA) is 50.2 Å². The molecular formula is C19H13BrFNO2S. The van der Waals surface area contributed by atoms with Gasteiger partial charge in [-0.15, -0.1) is 11.3 Å². The summed E-state index contributed by atoms with van der Waals surface area (Å²) in [6, 6.07) is 14.0. The van der Waals surface area contributed by atoms with Crippen molar-refractivity contribution < 1.29 is 14.3 Å². The van der Waals surface area contributed by atoms with E-state index >= 15 is 0 Å². The molecule has 6 heteroatoms. The first kappa shape index (κ1) is 17.5. The van der Waals surface area contributed by atoms with Crippen LogP contribution in [0.15, 0.2) is 53.0 Å². The molecule has 1 aromatic heterocycles. The summed E-state index contributed by atoms with van der Waals surface area (Å²) in [4.78, 5) is 16.4. The van der Waals surface area contributed by atoms with Crippen molar-refractivity contribution in [3.8, 4) is 11.3 Å². The molecule has 0 saturated carbocycles. The van der Waals surface area contributed by atoms with Crippen LogP contribution in [0.4, 0.5) is 4.39 Å². The normalized spacial score (nSPS) is 11.1. The zero-order valence-corrected chi connectivity index (χ0v) is 15.3. The van der Waals surface area contributed by atoms with Crippen molar-refractivity contribution >= 4 is 45.4 Å². The minimum Gasteiger partial charge on any atom is -0.481 e. The molecule has 0 aliphatic rings. The van der Waals surface area contributed by atoms with Gasteiger partial charge in [0.25, 0.3) is 0 Å². The highest BCUT2D eigenvalue weighted by Crippen LogP contribution is 2.30. The third-order valence-corrected chi connectivity index (χ3v) is 5.00. The summed E-state index contributed by atoms with van der Waals surface area (Å²) in [6.45, 7) is 0. The van der Waals surface area contributed by atoms with Gasteiger partial charge in [0.15, 0.2) is 0 Å². The molecule has 3 aromatic rings. The molecule has 2 aromatic carbocycles. The summed E-state index contributed by atoms with van der Waals surface area (Å²) in [5.74, 6) is -1.22. The fourth-order valence-corrected chi connectivity index (χ4v) is 3.55. The van der Waals surface area contributed by atoms with Crippen molar-refractivity contribution in [2.45, 2.75) is 6.42 Å². The Morgan fingerprint density at radius 2 is 1.88 bits per heavy atom. The number of benzene rings is 2. The molecular weight excluding hydrogens is 405 g/mol. The lowest BCUT2D eigenvalue weighted by Crippen LogP contribution is -1.99. The summed E-state index contributed by atoms with van der Waals surface area (Å²) >= 11 is 4.68. The van der Waals surface area contributed by atoms with Gasteiger partial charge in [-0.3, -0.25) is 4.79 Å². The molecule has 0 spiro atoms. The fraction of sp³-hybridized carbons (Fsp3) is 0.0526. The summed E-state index contributed by atoms with van der Waals surface area (Å²) in [7, 11) is 0. The first-order valence-electron chi connectivity index (χ1n) is 7.43. The molecule has 0 bridgehead atoms. The van der Waals surface area contributed by atoms with Gasteiger partial charge in [0.05, 0.1) is 12.1 Å². The molecule has 0 fully saturated rings. The van der Waals surface area contributed by atoms with Gasteiger partial charge < -0.3 is 5.11 Å². The number of aliphatic carboxylic acids is 1. The second kappa shape index (κ2) is 7.72. The van der Waals surface area contributed by atoms with Crippen LogP contribution in [0.3, 0.4) is 0 Å². The number of hydrogen-bond acceptors (Lipinski definition) is 3. The summed E-state index contributed by atoms with van der Waals surface area (Å²) < 4.78 is 14.6. The van der Waals surface area contributed by atoms with Gasteiger partial charge in [0.2, 0.25) is 0 Å². The second-order valence-electron chi connectivity index (χ2n) is 5.26. The van der Waals surface area contributed by atoms with Crippen LogP contribution >= 0.6 is 27.3 Å². The molecule has 25 heavy (non-hydrogen) atoms. The van der Waals surface area contributed by atoms with Gasteiger partial charge in [-0.1, -0.05) is 46.3 Å². The summed E-state index contributed by atoms with van der Waals surface area (Å²) in [5, 5.41) is 9.78. The lowest BCUT2D eigenvalue weighted by Gasteiger charge is -2.00. The molecule has 0 amide bonds. The highest BCUT2D eigenvalue weighted by Gasteiger charge is 2.15. The first-order chi connectivity index (χ1) is 12.0. The van der Waals surface area contributed by atoms with Gasteiger partial charge in [-0.25, -0.2) is 9.37 Å². The van der Waals surface area contributed by atoms with Crippen molar-refractivity contribution in [1.29, 1.82) is 0 Å². The Balaban J connectivity index is 1.97. The number of rotatable bonds is 5. The molecule has 0 atom stereocenters. The van der Waals surface area contributed by atoms with E-state index in [2.05, 4.69) is 20.9 Å². The van der Waals surface area contributed by atoms with Gasteiger partial charge in [0, 0.05) is 20.5 Å². The maximum Gasteiger partial charge on any atom is 0.308 e. The molecule has 1 N–H and O–H groups in total. The second-order valence-corrected chi connectivity index (χ2v) is 7.29. The summed E-state index contributed by atoms with van der Waals surface area (Å²) in [5.41, 5.74) is 1.96. The monoisotopic (exact) mass is 417 g/mol. The molecule has 3 rings (SSSR count). The van der Waals surface area contributed by atoms with Crippen LogP contribution in [0, 0.1) is 5.82 Å². The molecule has 0 saturated heterocycles. The molecule has 126 valence electrons. The molecule has 0 aliphatic carbocycles. The van der Waals surface area contributed by atoms with Crippen LogP contribution < -0.4 is 0 Å². The summed E-state index contributed by atoms with van der Waals surface area (Å²) in [6.07, 6.45) is 3.25. The fourth-order valence-electron chi connectivity index (χ4n) is 2.30.